The Morgan fingerprint density at radius 3 is 1.32 bits per heavy atom. The number of rotatable bonds is 14. The van der Waals surface area contributed by atoms with Crippen LogP contribution in [0.15, 0.2) is 0 Å². The maximum Gasteiger partial charge on any atom is 0.460 e. The van der Waals surface area contributed by atoms with Gasteiger partial charge in [0.25, 0.3) is 0 Å². The zero-order valence-electron chi connectivity index (χ0n) is 20.1. The van der Waals surface area contributed by atoms with Gasteiger partial charge in [0.05, 0.1) is 5.41 Å². The van der Waals surface area contributed by atoms with Gasteiger partial charge in [-0.05, 0) is 31.6 Å². The largest absolute Gasteiger partial charge is 0.460 e. The lowest BCUT2D eigenvalue weighted by Gasteiger charge is -2.43. The Morgan fingerprint density at radius 1 is 0.579 bits per heavy atom. The van der Waals surface area contributed by atoms with Gasteiger partial charge in [-0.3, -0.25) is 4.79 Å². The molecule has 0 rings (SSSR count). The predicted molar refractivity (Wildman–Crippen MR) is 96.0 cm³/mol. The Balaban J connectivity index is 5.88. The summed E-state index contributed by atoms with van der Waals surface area (Å²) in [6, 6.07) is 0. The zero-order valence-corrected chi connectivity index (χ0v) is 20.1. The Labute approximate surface area is 205 Å². The maximum absolute atomic E-state index is 13.8. The first kappa shape index (κ1) is 36.3. The molecular weight excluding hydrogens is 577 g/mol. The molecule has 0 N–H and O–H groups in total. The molecule has 0 spiro atoms. The second-order valence-electron chi connectivity index (χ2n) is 8.57. The van der Waals surface area contributed by atoms with Crippen LogP contribution in [-0.2, 0) is 19.0 Å². The van der Waals surface area contributed by atoms with Gasteiger partial charge in [-0.15, -0.1) is 0 Å². The minimum Gasteiger partial charge on any atom is -0.456 e. The van der Waals surface area contributed by atoms with E-state index in [-0.39, 0.29) is 19.3 Å². The molecule has 4 nitrogen and oxygen atoms in total. The highest BCUT2D eigenvalue weighted by atomic mass is 19.4. The van der Waals surface area contributed by atoms with Crippen molar-refractivity contribution in [2.75, 3.05) is 6.61 Å². The standard InChI is InChI=1S/C19H23F15O4/c1-6-11(4,7-2)12(5,8-3)10(35)36-9-13(20,21)37-18(31,32)19(33,34)38-17(29,30)15(24,25)14(22,23)16(26,27)28/h6-9H2,1-5H3. The molecule has 0 aliphatic carbocycles. The van der Waals surface area contributed by atoms with Gasteiger partial charge >= 0.3 is 48.4 Å². The van der Waals surface area contributed by atoms with Gasteiger partial charge in [-0.2, -0.15) is 65.9 Å². The molecule has 0 saturated carbocycles. The highest BCUT2D eigenvalue weighted by molar-refractivity contribution is 5.77. The fourth-order valence-corrected chi connectivity index (χ4v) is 3.08. The van der Waals surface area contributed by atoms with Crippen molar-refractivity contribution in [3.05, 3.63) is 0 Å². The average molecular weight is 600 g/mol. The Morgan fingerprint density at radius 2 is 0.974 bits per heavy atom. The summed E-state index contributed by atoms with van der Waals surface area (Å²) in [5.41, 5.74) is -2.48. The number of hydrogen-bond donors (Lipinski definition) is 0. The van der Waals surface area contributed by atoms with Gasteiger partial charge in [-0.25, -0.2) is 9.47 Å². The number of alkyl halides is 15. The highest BCUT2D eigenvalue weighted by Gasteiger charge is 2.85. The molecule has 1 unspecified atom stereocenters. The summed E-state index contributed by atoms with van der Waals surface area (Å²) in [4.78, 5) is 12.4. The summed E-state index contributed by atoms with van der Waals surface area (Å²) in [5, 5.41) is 0. The molecule has 19 heteroatoms. The SMILES string of the molecule is CCC(C)(CC)C(C)(CC)C(=O)OCC(F)(F)OC(F)(F)C(F)(F)OC(F)(F)C(F)(F)C(F)(F)C(F)(F)F. The van der Waals surface area contributed by atoms with Crippen molar-refractivity contribution in [1.82, 2.24) is 0 Å². The Kier molecular flexibility index (Phi) is 10.3. The van der Waals surface area contributed by atoms with E-state index in [1.807, 2.05) is 0 Å². The van der Waals surface area contributed by atoms with Crippen molar-refractivity contribution >= 4 is 5.97 Å². The number of ether oxygens (including phenoxy) is 3. The third-order valence-electron chi connectivity index (χ3n) is 6.41. The number of halogens is 15. The molecule has 0 radical (unpaired) electrons. The van der Waals surface area contributed by atoms with Crippen LogP contribution in [0, 0.1) is 10.8 Å². The topological polar surface area (TPSA) is 44.8 Å². The molecule has 1 atom stereocenters. The molecule has 0 aromatic heterocycles. The van der Waals surface area contributed by atoms with E-state index >= 15 is 0 Å². The molecule has 0 amide bonds. The number of carbonyl (C=O) groups is 1. The van der Waals surface area contributed by atoms with E-state index in [4.69, 9.17) is 0 Å². The quantitative estimate of drug-likeness (QED) is 0.150. The molecule has 0 bridgehead atoms. The van der Waals surface area contributed by atoms with E-state index in [1.54, 1.807) is 18.6 Å². The molecule has 0 aliphatic heterocycles. The first-order valence-electron chi connectivity index (χ1n) is 10.4. The van der Waals surface area contributed by atoms with Crippen molar-refractivity contribution in [3.8, 4) is 0 Å². The molecule has 0 saturated heterocycles. The third kappa shape index (κ3) is 6.55. The van der Waals surface area contributed by atoms with Crippen LogP contribution in [0.4, 0.5) is 65.9 Å². The number of carbonyl (C=O) groups excluding carboxylic acids is 1. The first-order chi connectivity index (χ1) is 16.5. The fourth-order valence-electron chi connectivity index (χ4n) is 3.08. The minimum absolute atomic E-state index is 0.0651. The molecule has 0 aliphatic rings. The lowest BCUT2D eigenvalue weighted by molar-refractivity contribution is -0.542. The molecule has 0 aromatic rings. The summed E-state index contributed by atoms with van der Waals surface area (Å²) in [5.74, 6) is -17.2. The molecule has 0 heterocycles. The van der Waals surface area contributed by atoms with Gasteiger partial charge < -0.3 is 4.74 Å². The third-order valence-corrected chi connectivity index (χ3v) is 6.41. The first-order valence-corrected chi connectivity index (χ1v) is 10.4. The van der Waals surface area contributed by atoms with Gasteiger partial charge in [0.2, 0.25) is 0 Å². The maximum atomic E-state index is 13.8. The zero-order chi connectivity index (χ0) is 31.0. The lowest BCUT2D eigenvalue weighted by atomic mass is 9.61. The summed E-state index contributed by atoms with van der Waals surface area (Å²) in [6.07, 6.45) is -34.9. The van der Waals surface area contributed by atoms with Gasteiger partial charge in [-0.1, -0.05) is 27.7 Å². The highest BCUT2D eigenvalue weighted by Crippen LogP contribution is 2.56. The van der Waals surface area contributed by atoms with E-state index in [2.05, 4.69) is 9.47 Å². The van der Waals surface area contributed by atoms with Crippen molar-refractivity contribution in [2.24, 2.45) is 10.8 Å². The van der Waals surface area contributed by atoms with Crippen molar-refractivity contribution < 1.29 is 84.9 Å². The summed E-state index contributed by atoms with van der Waals surface area (Å²) in [6.45, 7) is 4.86. The molecular formula is C19H23F15O4. The van der Waals surface area contributed by atoms with Gasteiger partial charge in [0.15, 0.2) is 6.61 Å². The predicted octanol–water partition coefficient (Wildman–Crippen LogP) is 8.01. The van der Waals surface area contributed by atoms with Gasteiger partial charge in [0, 0.05) is 0 Å². The van der Waals surface area contributed by atoms with Crippen LogP contribution in [0.1, 0.15) is 53.9 Å². The molecule has 0 aromatic carbocycles. The summed E-state index contributed by atoms with van der Waals surface area (Å²) >= 11 is 0. The van der Waals surface area contributed by atoms with Crippen LogP contribution in [0.3, 0.4) is 0 Å². The van der Waals surface area contributed by atoms with Crippen LogP contribution >= 0.6 is 0 Å². The van der Waals surface area contributed by atoms with E-state index in [1.165, 1.54) is 20.8 Å². The second kappa shape index (κ2) is 10.7. The van der Waals surface area contributed by atoms with E-state index in [0.717, 1.165) is 0 Å². The van der Waals surface area contributed by atoms with Crippen LogP contribution in [0.2, 0.25) is 0 Å². The van der Waals surface area contributed by atoms with Crippen molar-refractivity contribution in [2.45, 2.75) is 96.3 Å². The second-order valence-corrected chi connectivity index (χ2v) is 8.57. The number of hydrogen-bond acceptors (Lipinski definition) is 4. The normalized spacial score (nSPS) is 16.8. The van der Waals surface area contributed by atoms with E-state index in [0.29, 0.717) is 0 Å². The fraction of sp³-hybridized carbons (Fsp3) is 0.947. The van der Waals surface area contributed by atoms with Crippen LogP contribution < -0.4 is 0 Å². The number of esters is 1. The van der Waals surface area contributed by atoms with Gasteiger partial charge in [0.1, 0.15) is 0 Å². The van der Waals surface area contributed by atoms with Crippen LogP contribution in [0.5, 0.6) is 0 Å². The molecule has 228 valence electrons. The molecule has 38 heavy (non-hydrogen) atoms. The summed E-state index contributed by atoms with van der Waals surface area (Å²) in [7, 11) is 0. The smallest absolute Gasteiger partial charge is 0.456 e. The average Bonchev–Trinajstić information content (AvgIpc) is 2.73. The van der Waals surface area contributed by atoms with E-state index in [9.17, 15) is 70.7 Å². The Bertz CT molecular complexity index is 821. The van der Waals surface area contributed by atoms with E-state index < -0.39 is 65.9 Å². The summed E-state index contributed by atoms with van der Waals surface area (Å²) < 4.78 is 204. The lowest BCUT2D eigenvalue weighted by Crippen LogP contribution is -2.64. The minimum atomic E-state index is -7.94. The molecule has 0 fully saturated rings. The monoisotopic (exact) mass is 600 g/mol. The van der Waals surface area contributed by atoms with Crippen molar-refractivity contribution in [1.29, 1.82) is 0 Å². The van der Waals surface area contributed by atoms with Crippen LogP contribution in [0.25, 0.3) is 0 Å². The van der Waals surface area contributed by atoms with Crippen molar-refractivity contribution in [3.63, 3.8) is 0 Å². The Hall–Kier alpha value is -1.66. The van der Waals surface area contributed by atoms with Crippen LogP contribution in [-0.4, -0.2) is 55.0 Å².